The highest BCUT2D eigenvalue weighted by Crippen LogP contribution is 2.21. The number of nitrogens with two attached hydrogens (primary N) is 2. The highest BCUT2D eigenvalue weighted by molar-refractivity contribution is 8.15. The Kier molecular flexibility index (Phi) is 2.13. The third-order valence-electron chi connectivity index (χ3n) is 1.06. The molecule has 11 heavy (non-hydrogen) atoms. The second-order valence-corrected chi connectivity index (χ2v) is 3.34. The Labute approximate surface area is 67.9 Å². The zero-order valence-corrected chi connectivity index (χ0v) is 6.76. The van der Waals surface area contributed by atoms with Crippen LogP contribution in [0.4, 0.5) is 0 Å². The number of carbonyl (C=O) groups is 1. The fraction of sp³-hybridized carbons (Fsp3) is 0.400. The van der Waals surface area contributed by atoms with E-state index in [1.807, 2.05) is 0 Å². The predicted octanol–water partition coefficient (Wildman–Crippen LogP) is -0.722. The van der Waals surface area contributed by atoms with Crippen LogP contribution in [0, 0.1) is 0 Å². The van der Waals surface area contributed by atoms with E-state index in [9.17, 15) is 4.79 Å². The standard InChI is InChI=1S/C5H8N4OS/c1-2-3(10)8-5(11-2)9-4(6)7/h2H,1H3,(H4,6,7,8,9,10). The monoisotopic (exact) mass is 172 g/mol. The summed E-state index contributed by atoms with van der Waals surface area (Å²) in [6.07, 6.45) is 0. The Balaban J connectivity index is 2.72. The molecule has 0 aromatic heterocycles. The molecular weight excluding hydrogens is 164 g/mol. The summed E-state index contributed by atoms with van der Waals surface area (Å²) in [5.41, 5.74) is 10.2. The third kappa shape index (κ3) is 1.94. The molecule has 0 radical (unpaired) electrons. The molecule has 1 rings (SSSR count). The zero-order chi connectivity index (χ0) is 8.43. The first kappa shape index (κ1) is 8.06. The van der Waals surface area contributed by atoms with Gasteiger partial charge in [-0.25, -0.2) is 0 Å². The average Bonchev–Trinajstić information content (AvgIpc) is 2.10. The fourth-order valence-electron chi connectivity index (χ4n) is 0.582. The van der Waals surface area contributed by atoms with Crippen molar-refractivity contribution in [3.8, 4) is 0 Å². The van der Waals surface area contributed by atoms with Crippen LogP contribution in [0.3, 0.4) is 0 Å². The third-order valence-corrected chi connectivity index (χ3v) is 2.01. The van der Waals surface area contributed by atoms with E-state index in [1.165, 1.54) is 11.8 Å². The van der Waals surface area contributed by atoms with E-state index in [-0.39, 0.29) is 17.1 Å². The van der Waals surface area contributed by atoms with Crippen LogP contribution in [-0.2, 0) is 4.79 Å². The summed E-state index contributed by atoms with van der Waals surface area (Å²) in [5.74, 6) is -0.256. The van der Waals surface area contributed by atoms with Crippen molar-refractivity contribution in [2.45, 2.75) is 12.2 Å². The first-order valence-corrected chi connectivity index (χ1v) is 3.86. The van der Waals surface area contributed by atoms with Crippen LogP contribution in [0.15, 0.2) is 9.98 Å². The molecule has 5 nitrogen and oxygen atoms in total. The van der Waals surface area contributed by atoms with Gasteiger partial charge >= 0.3 is 0 Å². The molecule has 1 heterocycles. The summed E-state index contributed by atoms with van der Waals surface area (Å²) < 4.78 is 0. The Hall–Kier alpha value is -1.04. The summed E-state index contributed by atoms with van der Waals surface area (Å²) in [6, 6.07) is 0. The lowest BCUT2D eigenvalue weighted by atomic mass is 10.5. The van der Waals surface area contributed by atoms with Crippen molar-refractivity contribution in [2.24, 2.45) is 21.5 Å². The summed E-state index contributed by atoms with van der Waals surface area (Å²) >= 11 is 1.25. The smallest absolute Gasteiger partial charge is 0.261 e. The highest BCUT2D eigenvalue weighted by atomic mass is 32.2. The topological polar surface area (TPSA) is 93.8 Å². The average molecular weight is 172 g/mol. The van der Waals surface area contributed by atoms with Gasteiger partial charge in [0.25, 0.3) is 5.91 Å². The minimum absolute atomic E-state index is 0.0712. The SMILES string of the molecule is CC1SC(N=C(N)N)=NC1=O. The number of hydrogen-bond acceptors (Lipinski definition) is 3. The van der Waals surface area contributed by atoms with Crippen LogP contribution in [0.25, 0.3) is 0 Å². The van der Waals surface area contributed by atoms with Crippen molar-refractivity contribution < 1.29 is 4.79 Å². The maximum absolute atomic E-state index is 10.8. The Morgan fingerprint density at radius 1 is 1.73 bits per heavy atom. The maximum Gasteiger partial charge on any atom is 0.261 e. The Morgan fingerprint density at radius 3 is 2.73 bits per heavy atom. The summed E-state index contributed by atoms with van der Waals surface area (Å²) in [7, 11) is 0. The summed E-state index contributed by atoms with van der Waals surface area (Å²) in [5, 5.41) is 0.190. The first-order chi connectivity index (χ1) is 5.09. The van der Waals surface area contributed by atoms with Gasteiger partial charge in [-0.05, 0) is 6.92 Å². The lowest BCUT2D eigenvalue weighted by Crippen LogP contribution is -2.23. The molecule has 0 aromatic carbocycles. The zero-order valence-electron chi connectivity index (χ0n) is 5.94. The van der Waals surface area contributed by atoms with Crippen molar-refractivity contribution in [2.75, 3.05) is 0 Å². The van der Waals surface area contributed by atoms with Crippen LogP contribution in [-0.4, -0.2) is 22.3 Å². The lowest BCUT2D eigenvalue weighted by Gasteiger charge is -1.92. The molecule has 0 spiro atoms. The van der Waals surface area contributed by atoms with Gasteiger partial charge in [-0.15, -0.1) is 0 Å². The molecule has 1 atom stereocenters. The van der Waals surface area contributed by atoms with Crippen LogP contribution in [0.1, 0.15) is 6.92 Å². The van der Waals surface area contributed by atoms with E-state index in [0.29, 0.717) is 5.17 Å². The van der Waals surface area contributed by atoms with Crippen LogP contribution in [0.2, 0.25) is 0 Å². The second-order valence-electron chi connectivity index (χ2n) is 2.03. The minimum atomic E-state index is -0.185. The van der Waals surface area contributed by atoms with Gasteiger partial charge in [0.1, 0.15) is 0 Å². The van der Waals surface area contributed by atoms with Gasteiger partial charge < -0.3 is 11.5 Å². The van der Waals surface area contributed by atoms with Gasteiger partial charge in [0, 0.05) is 0 Å². The quantitative estimate of drug-likeness (QED) is 0.372. The number of rotatable bonds is 0. The van der Waals surface area contributed by atoms with Gasteiger partial charge in [0.2, 0.25) is 0 Å². The minimum Gasteiger partial charge on any atom is -0.370 e. The largest absolute Gasteiger partial charge is 0.370 e. The van der Waals surface area contributed by atoms with Gasteiger partial charge in [-0.2, -0.15) is 9.98 Å². The molecule has 1 unspecified atom stereocenters. The van der Waals surface area contributed by atoms with Crippen molar-refractivity contribution in [3.63, 3.8) is 0 Å². The number of amides is 1. The van der Waals surface area contributed by atoms with Gasteiger partial charge in [-0.3, -0.25) is 4.79 Å². The van der Waals surface area contributed by atoms with Crippen molar-refractivity contribution in [3.05, 3.63) is 0 Å². The first-order valence-electron chi connectivity index (χ1n) is 2.98. The number of hydrogen-bond donors (Lipinski definition) is 2. The molecule has 0 fully saturated rings. The predicted molar refractivity (Wildman–Crippen MR) is 45.3 cm³/mol. The fourth-order valence-corrected chi connectivity index (χ4v) is 1.35. The maximum atomic E-state index is 10.8. The number of carbonyl (C=O) groups excluding carboxylic acids is 1. The van der Waals surface area contributed by atoms with Gasteiger partial charge in [0.05, 0.1) is 5.25 Å². The molecule has 1 aliphatic heterocycles. The van der Waals surface area contributed by atoms with E-state index in [4.69, 9.17) is 11.5 Å². The molecule has 1 aliphatic rings. The van der Waals surface area contributed by atoms with Gasteiger partial charge in [0.15, 0.2) is 11.1 Å². The van der Waals surface area contributed by atoms with E-state index >= 15 is 0 Å². The molecule has 0 saturated carbocycles. The Bertz CT molecular complexity index is 243. The van der Waals surface area contributed by atoms with E-state index in [2.05, 4.69) is 9.98 Å². The number of guanidine groups is 1. The van der Waals surface area contributed by atoms with Crippen LogP contribution >= 0.6 is 11.8 Å². The number of thioether (sulfide) groups is 1. The van der Waals surface area contributed by atoms with E-state index in [1.54, 1.807) is 6.92 Å². The second kappa shape index (κ2) is 2.91. The molecule has 0 bridgehead atoms. The molecule has 4 N–H and O–H groups in total. The van der Waals surface area contributed by atoms with Crippen molar-refractivity contribution in [1.29, 1.82) is 0 Å². The van der Waals surface area contributed by atoms with Crippen molar-refractivity contribution >= 4 is 28.8 Å². The van der Waals surface area contributed by atoms with Crippen LogP contribution < -0.4 is 11.5 Å². The number of amidine groups is 1. The molecule has 1 amide bonds. The van der Waals surface area contributed by atoms with E-state index in [0.717, 1.165) is 0 Å². The molecule has 0 aliphatic carbocycles. The van der Waals surface area contributed by atoms with Crippen molar-refractivity contribution in [1.82, 2.24) is 0 Å². The molecule has 6 heteroatoms. The summed E-state index contributed by atoms with van der Waals surface area (Å²) in [4.78, 5) is 18.1. The Morgan fingerprint density at radius 2 is 2.36 bits per heavy atom. The molecular formula is C5H8N4OS. The highest BCUT2D eigenvalue weighted by Gasteiger charge is 2.23. The van der Waals surface area contributed by atoms with Crippen LogP contribution in [0.5, 0.6) is 0 Å². The lowest BCUT2D eigenvalue weighted by molar-refractivity contribution is -0.116. The number of nitrogens with zero attached hydrogens (tertiary/aromatic N) is 2. The van der Waals surface area contributed by atoms with E-state index < -0.39 is 0 Å². The van der Waals surface area contributed by atoms with Gasteiger partial charge in [-0.1, -0.05) is 11.8 Å². The molecule has 0 aromatic rings. The normalized spacial score (nSPS) is 23.2. The number of aliphatic imine (C=N–C) groups is 2. The molecule has 60 valence electrons. The summed E-state index contributed by atoms with van der Waals surface area (Å²) in [6.45, 7) is 1.76. The molecule has 0 saturated heterocycles.